The molecule has 1 aromatic heterocycles. The molecular formula is C25H17FO7. The Labute approximate surface area is 186 Å². The van der Waals surface area contributed by atoms with Gasteiger partial charge in [-0.1, -0.05) is 6.07 Å². The van der Waals surface area contributed by atoms with E-state index in [2.05, 4.69) is 0 Å². The zero-order valence-electron chi connectivity index (χ0n) is 17.4. The van der Waals surface area contributed by atoms with E-state index in [9.17, 15) is 18.8 Å². The van der Waals surface area contributed by atoms with E-state index in [-0.39, 0.29) is 34.6 Å². The van der Waals surface area contributed by atoms with Crippen LogP contribution < -0.4 is 14.9 Å². The molecular weight excluding hydrogens is 431 g/mol. The van der Waals surface area contributed by atoms with Crippen molar-refractivity contribution in [2.45, 2.75) is 6.92 Å². The summed E-state index contributed by atoms with van der Waals surface area (Å²) in [6.07, 6.45) is 1.14. The summed E-state index contributed by atoms with van der Waals surface area (Å²) in [5.74, 6) is -1.36. The average molecular weight is 448 g/mol. The van der Waals surface area contributed by atoms with E-state index >= 15 is 0 Å². The number of rotatable bonds is 6. The molecule has 0 radical (unpaired) electrons. The number of halogens is 1. The van der Waals surface area contributed by atoms with Crippen LogP contribution in [0.25, 0.3) is 11.0 Å². The molecule has 0 amide bonds. The van der Waals surface area contributed by atoms with Crippen molar-refractivity contribution in [2.75, 3.05) is 6.61 Å². The van der Waals surface area contributed by atoms with Crippen LogP contribution in [0.1, 0.15) is 27.6 Å². The van der Waals surface area contributed by atoms with Crippen LogP contribution in [0.3, 0.4) is 0 Å². The number of carbonyl (C=O) groups excluding carboxylic acids is 2. The summed E-state index contributed by atoms with van der Waals surface area (Å²) in [6, 6.07) is 15.5. The van der Waals surface area contributed by atoms with Gasteiger partial charge in [-0.25, -0.2) is 14.0 Å². The minimum absolute atomic E-state index is 0.0503. The molecule has 1 heterocycles. The van der Waals surface area contributed by atoms with E-state index in [0.717, 1.165) is 12.3 Å². The van der Waals surface area contributed by atoms with Crippen LogP contribution in [-0.4, -0.2) is 18.5 Å². The summed E-state index contributed by atoms with van der Waals surface area (Å²) in [5.41, 5.74) is 0.146. The van der Waals surface area contributed by atoms with Crippen LogP contribution in [0.2, 0.25) is 0 Å². The predicted octanol–water partition coefficient (Wildman–Crippen LogP) is 5.12. The van der Waals surface area contributed by atoms with Crippen molar-refractivity contribution in [2.24, 2.45) is 0 Å². The van der Waals surface area contributed by atoms with Crippen LogP contribution in [-0.2, 0) is 4.74 Å². The summed E-state index contributed by atoms with van der Waals surface area (Å²) in [4.78, 5) is 36.7. The Morgan fingerprint density at radius 2 is 1.67 bits per heavy atom. The molecule has 8 heteroatoms. The molecule has 0 saturated carbocycles. The minimum atomic E-state index is -0.748. The lowest BCUT2D eigenvalue weighted by molar-refractivity contribution is 0.0526. The molecule has 0 aliphatic carbocycles. The third kappa shape index (κ3) is 4.90. The molecule has 0 spiro atoms. The molecule has 3 aromatic carbocycles. The van der Waals surface area contributed by atoms with Crippen LogP contribution in [0.4, 0.5) is 4.39 Å². The Hall–Kier alpha value is -4.46. The first-order chi connectivity index (χ1) is 15.9. The monoisotopic (exact) mass is 448 g/mol. The van der Waals surface area contributed by atoms with Crippen molar-refractivity contribution < 1.29 is 32.6 Å². The Bertz CT molecular complexity index is 1390. The van der Waals surface area contributed by atoms with E-state index in [1.165, 1.54) is 60.7 Å². The number of esters is 2. The molecule has 0 saturated heterocycles. The molecule has 0 unspecified atom stereocenters. The Balaban J connectivity index is 1.53. The first-order valence-electron chi connectivity index (χ1n) is 9.93. The maximum Gasteiger partial charge on any atom is 0.343 e. The van der Waals surface area contributed by atoms with Gasteiger partial charge in [0.15, 0.2) is 0 Å². The molecule has 166 valence electrons. The highest BCUT2D eigenvalue weighted by atomic mass is 19.1. The van der Waals surface area contributed by atoms with Crippen molar-refractivity contribution in [3.05, 3.63) is 100 Å². The largest absolute Gasteiger partial charge is 0.462 e. The molecule has 4 rings (SSSR count). The number of benzene rings is 3. The van der Waals surface area contributed by atoms with Gasteiger partial charge in [0.2, 0.25) is 11.2 Å². The lowest BCUT2D eigenvalue weighted by Crippen LogP contribution is -2.09. The number of carbonyl (C=O) groups is 2. The summed E-state index contributed by atoms with van der Waals surface area (Å²) < 4.78 is 34.6. The molecule has 0 N–H and O–H groups in total. The van der Waals surface area contributed by atoms with Gasteiger partial charge in [0.05, 0.1) is 23.1 Å². The van der Waals surface area contributed by atoms with E-state index < -0.39 is 23.2 Å². The lowest BCUT2D eigenvalue weighted by Gasteiger charge is -2.08. The third-order valence-electron chi connectivity index (χ3n) is 4.58. The van der Waals surface area contributed by atoms with Gasteiger partial charge in [-0.2, -0.15) is 0 Å². The maximum atomic E-state index is 13.3. The number of fused-ring (bicyclic) bond motifs is 1. The maximum absolute atomic E-state index is 13.3. The normalized spacial score (nSPS) is 10.6. The van der Waals surface area contributed by atoms with E-state index in [1.807, 2.05) is 0 Å². The Kier molecular flexibility index (Phi) is 6.17. The molecule has 0 aliphatic heterocycles. The fraction of sp³-hybridized carbons (Fsp3) is 0.0800. The Morgan fingerprint density at radius 3 is 2.39 bits per heavy atom. The first-order valence-corrected chi connectivity index (χ1v) is 9.93. The smallest absolute Gasteiger partial charge is 0.343 e. The van der Waals surface area contributed by atoms with Crippen LogP contribution in [0, 0.1) is 5.82 Å². The van der Waals surface area contributed by atoms with Crippen LogP contribution >= 0.6 is 0 Å². The minimum Gasteiger partial charge on any atom is -0.462 e. The van der Waals surface area contributed by atoms with Crippen molar-refractivity contribution in [3.63, 3.8) is 0 Å². The number of hydrogen-bond donors (Lipinski definition) is 0. The first kappa shape index (κ1) is 21.8. The van der Waals surface area contributed by atoms with Gasteiger partial charge in [0.25, 0.3) is 0 Å². The second-order valence-corrected chi connectivity index (χ2v) is 6.83. The van der Waals surface area contributed by atoms with Crippen molar-refractivity contribution in [3.8, 4) is 17.2 Å². The summed E-state index contributed by atoms with van der Waals surface area (Å²) in [5, 5.41) is 0.209. The molecule has 7 nitrogen and oxygen atoms in total. The number of hydrogen-bond acceptors (Lipinski definition) is 7. The SMILES string of the molecule is CCOC(=O)c1ccc(Oc2coc3cc(OC(=O)c4cccc(F)c4)ccc3c2=O)cc1. The van der Waals surface area contributed by atoms with Gasteiger partial charge in [-0.15, -0.1) is 0 Å². The fourth-order valence-corrected chi connectivity index (χ4v) is 3.01. The summed E-state index contributed by atoms with van der Waals surface area (Å²) in [6.45, 7) is 1.98. The second-order valence-electron chi connectivity index (χ2n) is 6.83. The lowest BCUT2D eigenvalue weighted by atomic mass is 10.2. The molecule has 33 heavy (non-hydrogen) atoms. The molecule has 0 bridgehead atoms. The van der Waals surface area contributed by atoms with Crippen molar-refractivity contribution in [1.29, 1.82) is 0 Å². The molecule has 0 fully saturated rings. The van der Waals surface area contributed by atoms with E-state index in [4.69, 9.17) is 18.6 Å². The van der Waals surface area contributed by atoms with Crippen LogP contribution in [0.15, 0.2) is 82.2 Å². The highest BCUT2D eigenvalue weighted by Crippen LogP contribution is 2.25. The van der Waals surface area contributed by atoms with Crippen molar-refractivity contribution in [1.82, 2.24) is 0 Å². The van der Waals surface area contributed by atoms with Gasteiger partial charge in [0.1, 0.15) is 29.2 Å². The zero-order valence-corrected chi connectivity index (χ0v) is 17.4. The summed E-state index contributed by atoms with van der Waals surface area (Å²) in [7, 11) is 0. The highest BCUT2D eigenvalue weighted by molar-refractivity contribution is 5.91. The fourth-order valence-electron chi connectivity index (χ4n) is 3.01. The van der Waals surface area contributed by atoms with Gasteiger partial charge in [-0.05, 0) is 61.5 Å². The quantitative estimate of drug-likeness (QED) is 0.299. The predicted molar refractivity (Wildman–Crippen MR) is 116 cm³/mol. The number of ether oxygens (including phenoxy) is 3. The van der Waals surface area contributed by atoms with Gasteiger partial charge < -0.3 is 18.6 Å². The van der Waals surface area contributed by atoms with Gasteiger partial charge in [0, 0.05) is 6.07 Å². The third-order valence-corrected chi connectivity index (χ3v) is 4.58. The van der Waals surface area contributed by atoms with Crippen LogP contribution in [0.5, 0.6) is 17.2 Å². The molecule has 4 aromatic rings. The topological polar surface area (TPSA) is 92.0 Å². The van der Waals surface area contributed by atoms with Gasteiger partial charge in [-0.3, -0.25) is 4.79 Å². The standard InChI is InChI=1S/C25H17FO7/c1-2-30-24(28)15-6-8-18(9-7-15)32-22-14-31-21-13-19(10-11-20(21)23(22)27)33-25(29)16-4-3-5-17(26)12-16/h3-14H,2H2,1H3. The zero-order chi connectivity index (χ0) is 23.4. The molecule has 0 aliphatic rings. The van der Waals surface area contributed by atoms with Gasteiger partial charge >= 0.3 is 11.9 Å². The summed E-state index contributed by atoms with van der Waals surface area (Å²) >= 11 is 0. The Morgan fingerprint density at radius 1 is 0.909 bits per heavy atom. The second kappa shape index (κ2) is 9.35. The van der Waals surface area contributed by atoms with E-state index in [0.29, 0.717) is 11.3 Å². The highest BCUT2D eigenvalue weighted by Gasteiger charge is 2.14. The van der Waals surface area contributed by atoms with E-state index in [1.54, 1.807) is 6.92 Å². The van der Waals surface area contributed by atoms with Crippen molar-refractivity contribution >= 4 is 22.9 Å². The average Bonchev–Trinajstić information content (AvgIpc) is 2.81. The molecule has 0 atom stereocenters.